The maximum absolute atomic E-state index is 12.6. The van der Waals surface area contributed by atoms with Gasteiger partial charge in [-0.05, 0) is 30.4 Å². The summed E-state index contributed by atoms with van der Waals surface area (Å²) in [4.78, 5) is 27.1. The Morgan fingerprint density at radius 3 is 2.25 bits per heavy atom. The van der Waals surface area contributed by atoms with E-state index in [1.54, 1.807) is 18.4 Å². The molecule has 4 rings (SSSR count). The van der Waals surface area contributed by atoms with Crippen LogP contribution in [0.1, 0.15) is 12.2 Å². The number of carbonyl (C=O) groups is 2. The Kier molecular flexibility index (Phi) is 2.90. The highest BCUT2D eigenvalue weighted by Crippen LogP contribution is 2.60. The average molecular weight is 403 g/mol. The second-order valence-electron chi connectivity index (χ2n) is 5.85. The van der Waals surface area contributed by atoms with Crippen LogP contribution >= 0.6 is 31.9 Å². The standard InChI is InChI=1S/C14H13Br2NO3/c15-11-7-4-8(12(11)16)10-9(7)13(18)17(14(10)19)5-6-2-1-3-20-6/h1-3,7-12H,4-5H2/t7-,8-,9-,10-,11-,12+/m1/s1. The van der Waals surface area contributed by atoms with Crippen molar-refractivity contribution in [2.45, 2.75) is 22.6 Å². The predicted molar refractivity (Wildman–Crippen MR) is 78.3 cm³/mol. The molecular formula is C14H13Br2NO3. The van der Waals surface area contributed by atoms with Gasteiger partial charge in [0, 0.05) is 9.65 Å². The van der Waals surface area contributed by atoms with E-state index >= 15 is 0 Å². The molecule has 2 amide bonds. The van der Waals surface area contributed by atoms with Crippen LogP contribution in [-0.4, -0.2) is 26.4 Å². The first-order chi connectivity index (χ1) is 9.59. The van der Waals surface area contributed by atoms with Crippen molar-refractivity contribution in [3.05, 3.63) is 24.2 Å². The third-order valence-corrected chi connectivity index (χ3v) is 8.18. The summed E-state index contributed by atoms with van der Waals surface area (Å²) in [6.07, 6.45) is 2.53. The van der Waals surface area contributed by atoms with Crippen molar-refractivity contribution < 1.29 is 14.0 Å². The number of halogens is 2. The van der Waals surface area contributed by atoms with E-state index in [-0.39, 0.29) is 51.7 Å². The van der Waals surface area contributed by atoms with E-state index in [0.717, 1.165) is 6.42 Å². The molecule has 1 saturated heterocycles. The molecule has 2 heterocycles. The zero-order valence-electron chi connectivity index (χ0n) is 10.5. The van der Waals surface area contributed by atoms with E-state index in [1.807, 2.05) is 0 Å². The number of nitrogens with zero attached hydrogens (tertiary/aromatic N) is 1. The Hall–Kier alpha value is -0.620. The van der Waals surface area contributed by atoms with Crippen molar-refractivity contribution in [2.24, 2.45) is 23.7 Å². The molecule has 4 nitrogen and oxygen atoms in total. The largest absolute Gasteiger partial charge is 0.467 e. The number of carbonyl (C=O) groups excluding carboxylic acids is 2. The van der Waals surface area contributed by atoms with Crippen molar-refractivity contribution in [2.75, 3.05) is 0 Å². The fourth-order valence-corrected chi connectivity index (χ4v) is 6.00. The molecule has 0 aromatic carbocycles. The van der Waals surface area contributed by atoms with Gasteiger partial charge < -0.3 is 4.42 Å². The minimum absolute atomic E-state index is 0.0206. The van der Waals surface area contributed by atoms with Crippen molar-refractivity contribution in [1.82, 2.24) is 4.90 Å². The second-order valence-corrected chi connectivity index (χ2v) is 7.96. The summed E-state index contributed by atoms with van der Waals surface area (Å²) in [5.41, 5.74) is 0. The predicted octanol–water partition coefficient (Wildman–Crippen LogP) is 2.56. The maximum Gasteiger partial charge on any atom is 0.233 e. The third-order valence-electron chi connectivity index (χ3n) is 4.97. The Bertz CT molecular complexity index is 541. The second kappa shape index (κ2) is 4.44. The molecular weight excluding hydrogens is 390 g/mol. The number of hydrogen-bond donors (Lipinski definition) is 0. The normalized spacial score (nSPS) is 42.6. The van der Waals surface area contributed by atoms with Crippen LogP contribution in [0.15, 0.2) is 22.8 Å². The van der Waals surface area contributed by atoms with Crippen LogP contribution in [0.25, 0.3) is 0 Å². The van der Waals surface area contributed by atoms with Crippen LogP contribution in [0.2, 0.25) is 0 Å². The molecule has 3 fully saturated rings. The van der Waals surface area contributed by atoms with Gasteiger partial charge in [0.1, 0.15) is 5.76 Å². The van der Waals surface area contributed by atoms with Gasteiger partial charge in [0.15, 0.2) is 0 Å². The number of imide groups is 1. The molecule has 2 aliphatic carbocycles. The summed E-state index contributed by atoms with van der Waals surface area (Å²) in [5.74, 6) is 0.881. The maximum atomic E-state index is 12.6. The number of amides is 2. The van der Waals surface area contributed by atoms with Gasteiger partial charge in [0.2, 0.25) is 11.8 Å². The lowest BCUT2D eigenvalue weighted by Gasteiger charge is -2.28. The zero-order chi connectivity index (χ0) is 14.0. The van der Waals surface area contributed by atoms with Gasteiger partial charge in [-0.2, -0.15) is 0 Å². The minimum atomic E-state index is -0.138. The minimum Gasteiger partial charge on any atom is -0.467 e. The molecule has 6 heteroatoms. The lowest BCUT2D eigenvalue weighted by atomic mass is 9.81. The van der Waals surface area contributed by atoms with Gasteiger partial charge in [-0.3, -0.25) is 14.5 Å². The average Bonchev–Trinajstić information content (AvgIpc) is 3.15. The molecule has 1 aromatic heterocycles. The monoisotopic (exact) mass is 401 g/mol. The summed E-state index contributed by atoms with van der Waals surface area (Å²) in [6, 6.07) is 3.57. The molecule has 0 radical (unpaired) electrons. The molecule has 106 valence electrons. The first-order valence-electron chi connectivity index (χ1n) is 6.75. The molecule has 1 aromatic rings. The first kappa shape index (κ1) is 13.1. The highest BCUT2D eigenvalue weighted by Gasteiger charge is 2.66. The molecule has 0 spiro atoms. The Morgan fingerprint density at radius 2 is 1.75 bits per heavy atom. The fourth-order valence-electron chi connectivity index (χ4n) is 4.12. The number of furan rings is 1. The highest BCUT2D eigenvalue weighted by atomic mass is 79.9. The van der Waals surface area contributed by atoms with Crippen molar-refractivity contribution >= 4 is 43.7 Å². The van der Waals surface area contributed by atoms with Crippen molar-refractivity contribution in [3.8, 4) is 0 Å². The number of likely N-dealkylation sites (tertiary alicyclic amines) is 1. The zero-order valence-corrected chi connectivity index (χ0v) is 13.7. The van der Waals surface area contributed by atoms with E-state index in [4.69, 9.17) is 4.42 Å². The van der Waals surface area contributed by atoms with E-state index in [9.17, 15) is 9.59 Å². The Labute approximate surface area is 133 Å². The lowest BCUT2D eigenvalue weighted by molar-refractivity contribution is -0.141. The summed E-state index contributed by atoms with van der Waals surface area (Å²) in [5, 5.41) is 0. The van der Waals surface area contributed by atoms with E-state index in [2.05, 4.69) is 31.9 Å². The number of alkyl halides is 2. The van der Waals surface area contributed by atoms with Crippen LogP contribution in [0.4, 0.5) is 0 Å². The SMILES string of the molecule is O=C1[C@@H]2[C@H]3C[C@@H]([C@@H](Br)[C@H]3Br)[C@H]2C(=O)N1Cc1ccco1. The van der Waals surface area contributed by atoms with Crippen molar-refractivity contribution in [1.29, 1.82) is 0 Å². The molecule has 20 heavy (non-hydrogen) atoms. The quantitative estimate of drug-likeness (QED) is 0.564. The highest BCUT2D eigenvalue weighted by molar-refractivity contribution is 9.12. The van der Waals surface area contributed by atoms with Crippen LogP contribution < -0.4 is 0 Å². The summed E-state index contributed by atoms with van der Waals surface area (Å²) in [6.45, 7) is 0.261. The molecule has 2 saturated carbocycles. The van der Waals surface area contributed by atoms with Crippen molar-refractivity contribution in [3.63, 3.8) is 0 Å². The van der Waals surface area contributed by atoms with E-state index < -0.39 is 0 Å². The smallest absolute Gasteiger partial charge is 0.233 e. The van der Waals surface area contributed by atoms with Gasteiger partial charge in [0.05, 0.1) is 24.6 Å². The lowest BCUT2D eigenvalue weighted by Crippen LogP contribution is -2.37. The van der Waals surface area contributed by atoms with Crippen LogP contribution in [-0.2, 0) is 16.1 Å². The van der Waals surface area contributed by atoms with Gasteiger partial charge >= 0.3 is 0 Å². The summed E-state index contributed by atoms with van der Waals surface area (Å²) < 4.78 is 5.26. The van der Waals surface area contributed by atoms with Gasteiger partial charge in [-0.1, -0.05) is 31.9 Å². The van der Waals surface area contributed by atoms with Gasteiger partial charge in [-0.15, -0.1) is 0 Å². The van der Waals surface area contributed by atoms with Crippen LogP contribution in [0, 0.1) is 23.7 Å². The van der Waals surface area contributed by atoms with Crippen LogP contribution in [0.5, 0.6) is 0 Å². The summed E-state index contributed by atoms with van der Waals surface area (Å²) in [7, 11) is 0. The van der Waals surface area contributed by atoms with E-state index in [0.29, 0.717) is 5.76 Å². The number of rotatable bonds is 2. The molecule has 0 N–H and O–H groups in total. The topological polar surface area (TPSA) is 50.5 Å². The first-order valence-corrected chi connectivity index (χ1v) is 8.58. The number of fused-ring (bicyclic) bond motifs is 5. The Morgan fingerprint density at radius 1 is 1.15 bits per heavy atom. The van der Waals surface area contributed by atoms with E-state index in [1.165, 1.54) is 4.90 Å². The molecule has 6 atom stereocenters. The molecule has 2 bridgehead atoms. The molecule has 0 unspecified atom stereocenters. The number of hydrogen-bond acceptors (Lipinski definition) is 3. The summed E-state index contributed by atoms with van der Waals surface area (Å²) >= 11 is 7.36. The van der Waals surface area contributed by atoms with Crippen LogP contribution in [0.3, 0.4) is 0 Å². The fraction of sp³-hybridized carbons (Fsp3) is 0.571. The Balaban J connectivity index is 1.64. The van der Waals surface area contributed by atoms with Gasteiger partial charge in [0.25, 0.3) is 0 Å². The molecule has 1 aliphatic heterocycles. The van der Waals surface area contributed by atoms with Gasteiger partial charge in [-0.25, -0.2) is 0 Å². The molecule has 3 aliphatic rings. The third kappa shape index (κ3) is 1.58.